The summed E-state index contributed by atoms with van der Waals surface area (Å²) in [4.78, 5) is 0. The van der Waals surface area contributed by atoms with Crippen LogP contribution in [0.1, 0.15) is 18.4 Å². The summed E-state index contributed by atoms with van der Waals surface area (Å²) in [6.45, 7) is 2.44. The molecule has 0 unspecified atom stereocenters. The van der Waals surface area contributed by atoms with Crippen molar-refractivity contribution in [2.45, 2.75) is 12.8 Å². The fourth-order valence-corrected chi connectivity index (χ4v) is 1.75. The normalized spacial score (nSPS) is 16.7. The van der Waals surface area contributed by atoms with Crippen LogP contribution in [0.5, 0.6) is 5.75 Å². The molecule has 3 heteroatoms. The summed E-state index contributed by atoms with van der Waals surface area (Å²) in [7, 11) is 0. The summed E-state index contributed by atoms with van der Waals surface area (Å²) in [5.74, 6) is 1.44. The predicted octanol–water partition coefficient (Wildman–Crippen LogP) is 2.36. The van der Waals surface area contributed by atoms with Crippen molar-refractivity contribution < 1.29 is 9.47 Å². The minimum Gasteiger partial charge on any atom is -0.493 e. The minimum absolute atomic E-state index is 0.601. The van der Waals surface area contributed by atoms with Crippen LogP contribution < -0.4 is 4.74 Å². The Labute approximate surface area is 95.6 Å². The molecule has 1 fully saturated rings. The lowest BCUT2D eigenvalue weighted by Crippen LogP contribution is -2.21. The Morgan fingerprint density at radius 1 is 1.25 bits per heavy atom. The van der Waals surface area contributed by atoms with Gasteiger partial charge in [0.1, 0.15) is 5.75 Å². The summed E-state index contributed by atoms with van der Waals surface area (Å²) in [5, 5.41) is 8.66. The molecule has 1 aromatic rings. The number of benzene rings is 1. The molecule has 1 aromatic carbocycles. The minimum atomic E-state index is 0.601. The van der Waals surface area contributed by atoms with E-state index in [4.69, 9.17) is 14.7 Å². The summed E-state index contributed by atoms with van der Waals surface area (Å²) >= 11 is 0. The lowest BCUT2D eigenvalue weighted by Gasteiger charge is -2.22. The van der Waals surface area contributed by atoms with E-state index in [1.807, 2.05) is 12.1 Å². The van der Waals surface area contributed by atoms with Crippen LogP contribution in [0.3, 0.4) is 0 Å². The van der Waals surface area contributed by atoms with Crippen LogP contribution >= 0.6 is 0 Å². The highest BCUT2D eigenvalue weighted by Gasteiger charge is 2.14. The topological polar surface area (TPSA) is 42.2 Å². The van der Waals surface area contributed by atoms with Crippen LogP contribution in [0.15, 0.2) is 24.3 Å². The van der Waals surface area contributed by atoms with Crippen LogP contribution in [-0.4, -0.2) is 19.8 Å². The zero-order valence-corrected chi connectivity index (χ0v) is 9.19. The molecule has 84 valence electrons. The largest absolute Gasteiger partial charge is 0.493 e. The lowest BCUT2D eigenvalue weighted by atomic mass is 10.0. The van der Waals surface area contributed by atoms with E-state index in [0.717, 1.165) is 38.4 Å². The smallest absolute Gasteiger partial charge is 0.119 e. The summed E-state index contributed by atoms with van der Waals surface area (Å²) in [6.07, 6.45) is 2.16. The molecule has 1 heterocycles. The Morgan fingerprint density at radius 3 is 2.56 bits per heavy atom. The summed E-state index contributed by atoms with van der Waals surface area (Å²) in [6, 6.07) is 9.33. The lowest BCUT2D eigenvalue weighted by molar-refractivity contribution is 0.0497. The highest BCUT2D eigenvalue weighted by molar-refractivity contribution is 5.34. The standard InChI is InChI=1S/C13H15NO2/c14-9-11-1-3-13(4-2-11)16-10-12-5-7-15-8-6-12/h1-4,12H,5-8,10H2. The fraction of sp³-hybridized carbons (Fsp3) is 0.462. The SMILES string of the molecule is N#Cc1ccc(OCC2CCOCC2)cc1. The molecule has 1 aliphatic rings. The highest BCUT2D eigenvalue weighted by Crippen LogP contribution is 2.18. The molecular weight excluding hydrogens is 202 g/mol. The number of hydrogen-bond donors (Lipinski definition) is 0. The molecule has 0 amide bonds. The van der Waals surface area contributed by atoms with Gasteiger partial charge in [-0.05, 0) is 43.0 Å². The molecule has 16 heavy (non-hydrogen) atoms. The second-order valence-corrected chi connectivity index (χ2v) is 4.00. The third kappa shape index (κ3) is 2.98. The van der Waals surface area contributed by atoms with Crippen molar-refractivity contribution in [1.29, 1.82) is 5.26 Å². The second-order valence-electron chi connectivity index (χ2n) is 4.00. The second kappa shape index (κ2) is 5.53. The van der Waals surface area contributed by atoms with Gasteiger partial charge in [0.2, 0.25) is 0 Å². The van der Waals surface area contributed by atoms with Crippen LogP contribution in [0.25, 0.3) is 0 Å². The Kier molecular flexibility index (Phi) is 3.79. The van der Waals surface area contributed by atoms with Crippen molar-refractivity contribution in [1.82, 2.24) is 0 Å². The molecule has 0 aliphatic carbocycles. The molecule has 0 N–H and O–H groups in total. The molecular formula is C13H15NO2. The molecule has 0 aromatic heterocycles. The van der Waals surface area contributed by atoms with Gasteiger partial charge in [0, 0.05) is 13.2 Å². The Balaban J connectivity index is 1.82. The van der Waals surface area contributed by atoms with E-state index in [2.05, 4.69) is 6.07 Å². The van der Waals surface area contributed by atoms with Gasteiger partial charge in [0.25, 0.3) is 0 Å². The van der Waals surface area contributed by atoms with E-state index < -0.39 is 0 Å². The number of nitrogens with zero attached hydrogens (tertiary/aromatic N) is 1. The van der Waals surface area contributed by atoms with Crippen molar-refractivity contribution in [2.75, 3.05) is 19.8 Å². The number of ether oxygens (including phenoxy) is 2. The third-order valence-corrected chi connectivity index (χ3v) is 2.81. The molecule has 1 saturated heterocycles. The van der Waals surface area contributed by atoms with Gasteiger partial charge in [-0.2, -0.15) is 5.26 Å². The van der Waals surface area contributed by atoms with Crippen LogP contribution in [0, 0.1) is 17.2 Å². The Hall–Kier alpha value is -1.53. The maximum atomic E-state index is 8.66. The van der Waals surface area contributed by atoms with Gasteiger partial charge in [-0.25, -0.2) is 0 Å². The first-order valence-corrected chi connectivity index (χ1v) is 5.59. The van der Waals surface area contributed by atoms with Crippen molar-refractivity contribution in [3.63, 3.8) is 0 Å². The molecule has 0 bridgehead atoms. The molecule has 0 saturated carbocycles. The van der Waals surface area contributed by atoms with E-state index in [0.29, 0.717) is 11.5 Å². The van der Waals surface area contributed by atoms with Gasteiger partial charge >= 0.3 is 0 Å². The average molecular weight is 217 g/mol. The number of rotatable bonds is 3. The van der Waals surface area contributed by atoms with Crippen molar-refractivity contribution in [3.8, 4) is 11.8 Å². The van der Waals surface area contributed by atoms with Gasteiger partial charge in [-0.15, -0.1) is 0 Å². The molecule has 3 nitrogen and oxygen atoms in total. The van der Waals surface area contributed by atoms with Gasteiger partial charge in [0.05, 0.1) is 18.2 Å². The first-order chi connectivity index (χ1) is 7.88. The van der Waals surface area contributed by atoms with Crippen molar-refractivity contribution in [3.05, 3.63) is 29.8 Å². The van der Waals surface area contributed by atoms with Gasteiger partial charge in [-0.3, -0.25) is 0 Å². The van der Waals surface area contributed by atoms with E-state index in [-0.39, 0.29) is 0 Å². The highest BCUT2D eigenvalue weighted by atomic mass is 16.5. The zero-order chi connectivity index (χ0) is 11.2. The molecule has 0 radical (unpaired) electrons. The van der Waals surface area contributed by atoms with Crippen molar-refractivity contribution >= 4 is 0 Å². The monoisotopic (exact) mass is 217 g/mol. The maximum absolute atomic E-state index is 8.66. The van der Waals surface area contributed by atoms with Crippen LogP contribution in [-0.2, 0) is 4.74 Å². The number of nitriles is 1. The van der Waals surface area contributed by atoms with E-state index in [1.54, 1.807) is 12.1 Å². The molecule has 1 aliphatic heterocycles. The van der Waals surface area contributed by atoms with Gasteiger partial charge < -0.3 is 9.47 Å². The van der Waals surface area contributed by atoms with Crippen LogP contribution in [0.2, 0.25) is 0 Å². The maximum Gasteiger partial charge on any atom is 0.119 e. The third-order valence-electron chi connectivity index (χ3n) is 2.81. The first-order valence-electron chi connectivity index (χ1n) is 5.59. The molecule has 0 spiro atoms. The first kappa shape index (κ1) is 11.0. The predicted molar refractivity (Wildman–Crippen MR) is 60.2 cm³/mol. The Morgan fingerprint density at radius 2 is 1.94 bits per heavy atom. The molecule has 2 rings (SSSR count). The summed E-state index contributed by atoms with van der Waals surface area (Å²) in [5.41, 5.74) is 0.665. The fourth-order valence-electron chi connectivity index (χ4n) is 1.75. The van der Waals surface area contributed by atoms with Gasteiger partial charge in [-0.1, -0.05) is 0 Å². The van der Waals surface area contributed by atoms with Crippen molar-refractivity contribution in [2.24, 2.45) is 5.92 Å². The molecule has 0 atom stereocenters. The quantitative estimate of drug-likeness (QED) is 0.780. The Bertz CT molecular complexity index is 361. The average Bonchev–Trinajstić information content (AvgIpc) is 2.38. The summed E-state index contributed by atoms with van der Waals surface area (Å²) < 4.78 is 11.0. The van der Waals surface area contributed by atoms with E-state index in [9.17, 15) is 0 Å². The van der Waals surface area contributed by atoms with Gasteiger partial charge in [0.15, 0.2) is 0 Å². The number of hydrogen-bond acceptors (Lipinski definition) is 3. The van der Waals surface area contributed by atoms with Crippen LogP contribution in [0.4, 0.5) is 0 Å². The van der Waals surface area contributed by atoms with E-state index >= 15 is 0 Å². The van der Waals surface area contributed by atoms with E-state index in [1.165, 1.54) is 0 Å². The zero-order valence-electron chi connectivity index (χ0n) is 9.19.